The molecule has 1 aromatic carbocycles. The van der Waals surface area contributed by atoms with Crippen molar-refractivity contribution in [3.63, 3.8) is 0 Å². The average Bonchev–Trinajstić information content (AvgIpc) is 2.65. The maximum Gasteiger partial charge on any atom is 0.222 e. The van der Waals surface area contributed by atoms with Gasteiger partial charge in [-0.1, -0.05) is 29.8 Å². The number of aryl methyl sites for hydroxylation is 1. The second kappa shape index (κ2) is 4.82. The number of nitrogens with zero attached hydrogens (tertiary/aromatic N) is 2. The molecule has 4 heteroatoms. The Labute approximate surface area is 100 Å². The lowest BCUT2D eigenvalue weighted by atomic mass is 10.1. The molecule has 0 unspecified atom stereocenters. The summed E-state index contributed by atoms with van der Waals surface area (Å²) in [6.07, 6.45) is 1.68. The summed E-state index contributed by atoms with van der Waals surface area (Å²) in [7, 11) is 0. The molecule has 2 rings (SSSR count). The van der Waals surface area contributed by atoms with Crippen LogP contribution in [0.25, 0.3) is 0 Å². The molecule has 2 aromatic rings. The monoisotopic (exact) mass is 229 g/mol. The molecule has 1 aromatic heterocycles. The summed E-state index contributed by atoms with van der Waals surface area (Å²) in [5.41, 5.74) is 2.39. The van der Waals surface area contributed by atoms with E-state index in [0.29, 0.717) is 6.54 Å². The Bertz CT molecular complexity index is 531. The van der Waals surface area contributed by atoms with E-state index < -0.39 is 0 Å². The topological polar surface area (TPSA) is 46.9 Å². The fourth-order valence-electron chi connectivity index (χ4n) is 1.73. The van der Waals surface area contributed by atoms with Gasteiger partial charge < -0.3 is 5.32 Å². The fourth-order valence-corrected chi connectivity index (χ4v) is 1.73. The standard InChI is InChI=1S/C13H15N3O/c1-10-4-3-5-12(8-10)9-16-13(6-7-14-16)15-11(2)17/h3-8H,9H2,1-2H3,(H,15,17). The van der Waals surface area contributed by atoms with Crippen LogP contribution in [0.1, 0.15) is 18.1 Å². The Hall–Kier alpha value is -2.10. The second-order valence-electron chi connectivity index (χ2n) is 4.04. The van der Waals surface area contributed by atoms with Crippen molar-refractivity contribution in [3.05, 3.63) is 47.7 Å². The van der Waals surface area contributed by atoms with Gasteiger partial charge in [0.2, 0.25) is 5.91 Å². The normalized spacial score (nSPS) is 10.2. The van der Waals surface area contributed by atoms with E-state index in [1.807, 2.05) is 12.1 Å². The molecule has 1 N–H and O–H groups in total. The number of benzene rings is 1. The minimum atomic E-state index is -0.0870. The van der Waals surface area contributed by atoms with Gasteiger partial charge in [0, 0.05) is 13.0 Å². The van der Waals surface area contributed by atoms with Crippen LogP contribution in [0.5, 0.6) is 0 Å². The molecule has 0 fully saturated rings. The van der Waals surface area contributed by atoms with Crippen molar-refractivity contribution in [3.8, 4) is 0 Å². The first-order chi connectivity index (χ1) is 8.15. The number of amides is 1. The molecule has 0 aliphatic heterocycles. The van der Waals surface area contributed by atoms with E-state index in [9.17, 15) is 4.79 Å². The predicted molar refractivity (Wildman–Crippen MR) is 66.8 cm³/mol. The number of hydrogen-bond acceptors (Lipinski definition) is 2. The molecule has 1 amide bonds. The van der Waals surface area contributed by atoms with Gasteiger partial charge in [-0.25, -0.2) is 4.68 Å². The lowest BCUT2D eigenvalue weighted by Gasteiger charge is -2.08. The third kappa shape index (κ3) is 2.93. The number of aromatic nitrogens is 2. The minimum Gasteiger partial charge on any atom is -0.311 e. The molecule has 4 nitrogen and oxygen atoms in total. The molecule has 0 aliphatic rings. The third-order valence-electron chi connectivity index (χ3n) is 2.44. The number of anilines is 1. The first kappa shape index (κ1) is 11.4. The van der Waals surface area contributed by atoms with Crippen molar-refractivity contribution in [2.75, 3.05) is 5.32 Å². The summed E-state index contributed by atoms with van der Waals surface area (Å²) in [4.78, 5) is 11.0. The summed E-state index contributed by atoms with van der Waals surface area (Å²) >= 11 is 0. The largest absolute Gasteiger partial charge is 0.311 e. The molecule has 17 heavy (non-hydrogen) atoms. The molecule has 0 saturated carbocycles. The zero-order valence-electron chi connectivity index (χ0n) is 9.97. The predicted octanol–water partition coefficient (Wildman–Crippen LogP) is 2.20. The Balaban J connectivity index is 2.18. The van der Waals surface area contributed by atoms with Crippen LogP contribution in [0.4, 0.5) is 5.82 Å². The van der Waals surface area contributed by atoms with Crippen LogP contribution in [-0.4, -0.2) is 15.7 Å². The Morgan fingerprint density at radius 2 is 2.24 bits per heavy atom. The first-order valence-electron chi connectivity index (χ1n) is 5.50. The van der Waals surface area contributed by atoms with Gasteiger partial charge >= 0.3 is 0 Å². The van der Waals surface area contributed by atoms with Crippen LogP contribution >= 0.6 is 0 Å². The highest BCUT2D eigenvalue weighted by Gasteiger charge is 2.04. The highest BCUT2D eigenvalue weighted by Crippen LogP contribution is 2.11. The van der Waals surface area contributed by atoms with Gasteiger partial charge in [0.05, 0.1) is 12.7 Å². The fraction of sp³-hybridized carbons (Fsp3) is 0.231. The zero-order valence-corrected chi connectivity index (χ0v) is 9.97. The molecule has 0 saturated heterocycles. The average molecular weight is 229 g/mol. The maximum atomic E-state index is 11.0. The molecule has 0 aliphatic carbocycles. The Morgan fingerprint density at radius 1 is 1.41 bits per heavy atom. The van der Waals surface area contributed by atoms with Crippen LogP contribution in [0.15, 0.2) is 36.5 Å². The number of rotatable bonds is 3. The van der Waals surface area contributed by atoms with Crippen LogP contribution in [0, 0.1) is 6.92 Å². The van der Waals surface area contributed by atoms with Crippen molar-refractivity contribution in [1.82, 2.24) is 9.78 Å². The summed E-state index contributed by atoms with van der Waals surface area (Å²) in [5.74, 6) is 0.634. The summed E-state index contributed by atoms with van der Waals surface area (Å²) in [6, 6.07) is 10.0. The van der Waals surface area contributed by atoms with E-state index in [1.54, 1.807) is 16.9 Å². The van der Waals surface area contributed by atoms with Gasteiger partial charge in [0.25, 0.3) is 0 Å². The molecule has 0 atom stereocenters. The molecular formula is C13H15N3O. The summed E-state index contributed by atoms with van der Waals surface area (Å²) < 4.78 is 1.77. The van der Waals surface area contributed by atoms with Gasteiger partial charge in [-0.2, -0.15) is 5.10 Å². The smallest absolute Gasteiger partial charge is 0.222 e. The molecule has 0 spiro atoms. The molecule has 0 bridgehead atoms. The molecule has 0 radical (unpaired) electrons. The SMILES string of the molecule is CC(=O)Nc1ccnn1Cc1cccc(C)c1. The van der Waals surface area contributed by atoms with Crippen molar-refractivity contribution in [2.45, 2.75) is 20.4 Å². The van der Waals surface area contributed by atoms with E-state index in [-0.39, 0.29) is 5.91 Å². The van der Waals surface area contributed by atoms with Gasteiger partial charge in [-0.3, -0.25) is 4.79 Å². The first-order valence-corrected chi connectivity index (χ1v) is 5.50. The minimum absolute atomic E-state index is 0.0870. The highest BCUT2D eigenvalue weighted by molar-refractivity contribution is 5.87. The maximum absolute atomic E-state index is 11.0. The van der Waals surface area contributed by atoms with Crippen LogP contribution in [0.3, 0.4) is 0 Å². The van der Waals surface area contributed by atoms with E-state index in [4.69, 9.17) is 0 Å². The molecule has 88 valence electrons. The van der Waals surface area contributed by atoms with Gasteiger partial charge in [0.15, 0.2) is 0 Å². The second-order valence-corrected chi connectivity index (χ2v) is 4.04. The Morgan fingerprint density at radius 3 is 2.94 bits per heavy atom. The molecular weight excluding hydrogens is 214 g/mol. The summed E-state index contributed by atoms with van der Waals surface area (Å²) in [6.45, 7) is 4.20. The quantitative estimate of drug-likeness (QED) is 0.877. The number of carbonyl (C=O) groups is 1. The van der Waals surface area contributed by atoms with E-state index in [2.05, 4.69) is 29.5 Å². The van der Waals surface area contributed by atoms with Gasteiger partial charge in [-0.05, 0) is 12.5 Å². The van der Waals surface area contributed by atoms with Crippen molar-refractivity contribution in [1.29, 1.82) is 0 Å². The van der Waals surface area contributed by atoms with E-state index in [0.717, 1.165) is 5.82 Å². The lowest BCUT2D eigenvalue weighted by molar-refractivity contribution is -0.114. The van der Waals surface area contributed by atoms with Crippen LogP contribution in [-0.2, 0) is 11.3 Å². The van der Waals surface area contributed by atoms with Gasteiger partial charge in [0.1, 0.15) is 5.82 Å². The van der Waals surface area contributed by atoms with E-state index in [1.165, 1.54) is 18.1 Å². The molecule has 1 heterocycles. The zero-order chi connectivity index (χ0) is 12.3. The van der Waals surface area contributed by atoms with Crippen LogP contribution < -0.4 is 5.32 Å². The summed E-state index contributed by atoms with van der Waals surface area (Å²) in [5, 5.41) is 6.95. The number of nitrogens with one attached hydrogen (secondary N) is 1. The van der Waals surface area contributed by atoms with Crippen molar-refractivity contribution in [2.24, 2.45) is 0 Å². The number of hydrogen-bond donors (Lipinski definition) is 1. The van der Waals surface area contributed by atoms with E-state index >= 15 is 0 Å². The lowest BCUT2D eigenvalue weighted by Crippen LogP contribution is -2.12. The van der Waals surface area contributed by atoms with Crippen molar-refractivity contribution < 1.29 is 4.79 Å². The Kier molecular flexibility index (Phi) is 3.23. The van der Waals surface area contributed by atoms with Gasteiger partial charge in [-0.15, -0.1) is 0 Å². The van der Waals surface area contributed by atoms with Crippen LogP contribution in [0.2, 0.25) is 0 Å². The number of carbonyl (C=O) groups excluding carboxylic acids is 1. The highest BCUT2D eigenvalue weighted by atomic mass is 16.1. The van der Waals surface area contributed by atoms with Crippen molar-refractivity contribution >= 4 is 11.7 Å². The third-order valence-corrected chi connectivity index (χ3v) is 2.44.